The van der Waals surface area contributed by atoms with Gasteiger partial charge in [0.25, 0.3) is 0 Å². The predicted molar refractivity (Wildman–Crippen MR) is 68.6 cm³/mol. The summed E-state index contributed by atoms with van der Waals surface area (Å²) in [6.07, 6.45) is 7.35. The molecule has 17 heavy (non-hydrogen) atoms. The van der Waals surface area contributed by atoms with E-state index in [1.807, 2.05) is 19.1 Å². The van der Waals surface area contributed by atoms with Gasteiger partial charge in [0.1, 0.15) is 0 Å². The molecule has 2 nitrogen and oxygen atoms in total. The van der Waals surface area contributed by atoms with E-state index >= 15 is 0 Å². The molecular weight excluding hydrogens is 212 g/mol. The smallest absolute Gasteiger partial charge is 0.335 e. The quantitative estimate of drug-likeness (QED) is 0.778. The summed E-state index contributed by atoms with van der Waals surface area (Å²) in [5.41, 5.74) is 2.73. The maximum absolute atomic E-state index is 11.3. The topological polar surface area (TPSA) is 37.3 Å². The summed E-state index contributed by atoms with van der Waals surface area (Å²) in [6.45, 7) is 2.03. The summed E-state index contributed by atoms with van der Waals surface area (Å²) in [5, 5.41) is 9.29. The maximum Gasteiger partial charge on any atom is 0.335 e. The third kappa shape index (κ3) is 2.68. The van der Waals surface area contributed by atoms with Crippen molar-refractivity contribution in [3.8, 4) is 0 Å². The van der Waals surface area contributed by atoms with Crippen LogP contribution in [0.1, 0.15) is 65.9 Å². The highest BCUT2D eigenvalue weighted by atomic mass is 16.4. The fourth-order valence-electron chi connectivity index (χ4n) is 2.98. The molecule has 0 spiro atoms. The van der Waals surface area contributed by atoms with Gasteiger partial charge in [-0.25, -0.2) is 4.79 Å². The van der Waals surface area contributed by atoms with Crippen LogP contribution in [0.25, 0.3) is 0 Å². The van der Waals surface area contributed by atoms with Crippen molar-refractivity contribution >= 4 is 5.97 Å². The van der Waals surface area contributed by atoms with Crippen LogP contribution in [0.4, 0.5) is 0 Å². The normalized spacial score (nSPS) is 17.7. The number of aryl methyl sites for hydroxylation is 1. The minimum Gasteiger partial charge on any atom is -0.478 e. The molecule has 2 rings (SSSR count). The first-order valence-electron chi connectivity index (χ1n) is 6.53. The molecule has 0 saturated heterocycles. The van der Waals surface area contributed by atoms with Crippen LogP contribution in [-0.4, -0.2) is 11.1 Å². The van der Waals surface area contributed by atoms with Gasteiger partial charge in [-0.15, -0.1) is 0 Å². The largest absolute Gasteiger partial charge is 0.478 e. The van der Waals surface area contributed by atoms with Gasteiger partial charge in [-0.3, -0.25) is 0 Å². The molecule has 1 saturated carbocycles. The van der Waals surface area contributed by atoms with Gasteiger partial charge in [0.15, 0.2) is 0 Å². The number of benzene rings is 1. The van der Waals surface area contributed by atoms with Crippen molar-refractivity contribution in [2.24, 2.45) is 0 Å². The Morgan fingerprint density at radius 3 is 2.41 bits per heavy atom. The molecule has 2 heteroatoms. The molecule has 1 aromatic rings. The molecule has 1 N–H and O–H groups in total. The van der Waals surface area contributed by atoms with Crippen molar-refractivity contribution in [2.75, 3.05) is 0 Å². The number of hydrogen-bond donors (Lipinski definition) is 1. The molecule has 92 valence electrons. The Morgan fingerprint density at radius 2 is 1.82 bits per heavy atom. The van der Waals surface area contributed by atoms with E-state index < -0.39 is 5.97 Å². The lowest BCUT2D eigenvalue weighted by Crippen LogP contribution is -2.09. The number of carboxylic acid groups (broad SMARTS) is 1. The highest BCUT2D eigenvalue weighted by molar-refractivity contribution is 5.90. The summed E-state index contributed by atoms with van der Waals surface area (Å²) in [5.74, 6) is -0.335. The lowest BCUT2D eigenvalue weighted by molar-refractivity contribution is 0.0695. The first-order valence-corrected chi connectivity index (χ1v) is 6.53. The zero-order valence-electron chi connectivity index (χ0n) is 10.4. The van der Waals surface area contributed by atoms with Gasteiger partial charge < -0.3 is 5.11 Å². The van der Waals surface area contributed by atoms with Gasteiger partial charge in [0, 0.05) is 0 Å². The van der Waals surface area contributed by atoms with Crippen LogP contribution in [0.2, 0.25) is 0 Å². The molecule has 0 heterocycles. The van der Waals surface area contributed by atoms with E-state index in [0.29, 0.717) is 11.5 Å². The fourth-order valence-corrected chi connectivity index (χ4v) is 2.98. The number of carboxylic acids is 1. The van der Waals surface area contributed by atoms with E-state index in [4.69, 9.17) is 0 Å². The van der Waals surface area contributed by atoms with Crippen molar-refractivity contribution in [1.82, 2.24) is 0 Å². The monoisotopic (exact) mass is 232 g/mol. The lowest BCUT2D eigenvalue weighted by Gasteiger charge is -2.19. The molecule has 1 fully saturated rings. The Labute approximate surface area is 103 Å². The van der Waals surface area contributed by atoms with Crippen molar-refractivity contribution in [1.29, 1.82) is 0 Å². The molecule has 1 aromatic carbocycles. The average molecular weight is 232 g/mol. The first-order chi connectivity index (χ1) is 8.20. The highest BCUT2D eigenvalue weighted by Gasteiger charge is 2.21. The number of carbonyl (C=O) groups is 1. The Bertz CT molecular complexity index is 401. The van der Waals surface area contributed by atoms with Gasteiger partial charge in [0.2, 0.25) is 0 Å². The van der Waals surface area contributed by atoms with Gasteiger partial charge in [-0.1, -0.05) is 37.8 Å². The van der Waals surface area contributed by atoms with Gasteiger partial charge in [-0.2, -0.15) is 0 Å². The molecule has 0 unspecified atom stereocenters. The SMILES string of the molecule is Cc1cccc(C(=O)O)c1C1CCCCCC1. The lowest BCUT2D eigenvalue weighted by atomic mass is 9.85. The van der Waals surface area contributed by atoms with Crippen molar-refractivity contribution in [3.63, 3.8) is 0 Å². The maximum atomic E-state index is 11.3. The second kappa shape index (κ2) is 5.35. The zero-order valence-corrected chi connectivity index (χ0v) is 10.4. The third-order valence-electron chi connectivity index (χ3n) is 3.82. The summed E-state index contributed by atoms with van der Waals surface area (Å²) < 4.78 is 0. The zero-order chi connectivity index (χ0) is 12.3. The Kier molecular flexibility index (Phi) is 3.82. The molecule has 0 amide bonds. The molecule has 0 atom stereocenters. The van der Waals surface area contributed by atoms with Gasteiger partial charge >= 0.3 is 5.97 Å². The number of rotatable bonds is 2. The Balaban J connectivity index is 2.37. The Hall–Kier alpha value is -1.31. The fraction of sp³-hybridized carbons (Fsp3) is 0.533. The van der Waals surface area contributed by atoms with Crippen molar-refractivity contribution in [3.05, 3.63) is 34.9 Å². The number of aromatic carboxylic acids is 1. The second-order valence-electron chi connectivity index (χ2n) is 5.03. The van der Waals surface area contributed by atoms with E-state index in [0.717, 1.165) is 24.0 Å². The minimum absolute atomic E-state index is 0.449. The molecular formula is C15H20O2. The Morgan fingerprint density at radius 1 is 1.18 bits per heavy atom. The van der Waals surface area contributed by atoms with Crippen molar-refractivity contribution in [2.45, 2.75) is 51.4 Å². The standard InChI is InChI=1S/C15H20O2/c1-11-7-6-10-13(15(16)17)14(11)12-8-4-2-3-5-9-12/h6-7,10,12H,2-5,8-9H2,1H3,(H,16,17). The van der Waals surface area contributed by atoms with Crippen molar-refractivity contribution < 1.29 is 9.90 Å². The summed E-state index contributed by atoms with van der Waals surface area (Å²) in [4.78, 5) is 11.3. The second-order valence-corrected chi connectivity index (χ2v) is 5.03. The molecule has 0 aromatic heterocycles. The van der Waals surface area contributed by atoms with Crippen LogP contribution in [0.5, 0.6) is 0 Å². The molecule has 0 aliphatic heterocycles. The first kappa shape index (κ1) is 12.2. The highest BCUT2D eigenvalue weighted by Crippen LogP contribution is 2.35. The summed E-state index contributed by atoms with van der Waals surface area (Å²) >= 11 is 0. The van der Waals surface area contributed by atoms with E-state index in [-0.39, 0.29) is 0 Å². The number of hydrogen-bond acceptors (Lipinski definition) is 1. The predicted octanol–water partition coefficient (Wildman–Crippen LogP) is 4.13. The van der Waals surface area contributed by atoms with E-state index in [1.165, 1.54) is 25.7 Å². The molecule has 0 bridgehead atoms. The molecule has 1 aliphatic carbocycles. The van der Waals surface area contributed by atoms with E-state index in [9.17, 15) is 9.90 Å². The van der Waals surface area contributed by atoms with Crippen LogP contribution < -0.4 is 0 Å². The third-order valence-corrected chi connectivity index (χ3v) is 3.82. The molecule has 0 radical (unpaired) electrons. The summed E-state index contributed by atoms with van der Waals surface area (Å²) in [6, 6.07) is 5.63. The average Bonchev–Trinajstić information content (AvgIpc) is 2.57. The van der Waals surface area contributed by atoms with Crippen LogP contribution in [0.15, 0.2) is 18.2 Å². The van der Waals surface area contributed by atoms with Crippen LogP contribution >= 0.6 is 0 Å². The van der Waals surface area contributed by atoms with E-state index in [2.05, 4.69) is 0 Å². The summed E-state index contributed by atoms with van der Waals surface area (Å²) in [7, 11) is 0. The van der Waals surface area contributed by atoms with Gasteiger partial charge in [0.05, 0.1) is 5.56 Å². The minimum atomic E-state index is -0.784. The van der Waals surface area contributed by atoms with Crippen LogP contribution in [0, 0.1) is 6.92 Å². The van der Waals surface area contributed by atoms with Crippen LogP contribution in [0.3, 0.4) is 0 Å². The van der Waals surface area contributed by atoms with E-state index in [1.54, 1.807) is 6.07 Å². The van der Waals surface area contributed by atoms with Gasteiger partial charge in [-0.05, 0) is 42.9 Å². The molecule has 1 aliphatic rings. The van der Waals surface area contributed by atoms with Crippen LogP contribution in [-0.2, 0) is 0 Å².